The fourth-order valence-electron chi connectivity index (χ4n) is 4.12. The van der Waals surface area contributed by atoms with Gasteiger partial charge >= 0.3 is 0 Å². The van der Waals surface area contributed by atoms with Gasteiger partial charge in [0.15, 0.2) is 0 Å². The highest BCUT2D eigenvalue weighted by atomic mass is 16.2. The van der Waals surface area contributed by atoms with Gasteiger partial charge in [-0.2, -0.15) is 0 Å². The van der Waals surface area contributed by atoms with Crippen molar-refractivity contribution in [2.45, 2.75) is 38.9 Å². The number of benzene rings is 3. The number of amides is 1. The van der Waals surface area contributed by atoms with E-state index in [0.29, 0.717) is 6.54 Å². The lowest BCUT2D eigenvalue weighted by molar-refractivity contribution is -0.117. The van der Waals surface area contributed by atoms with Crippen molar-refractivity contribution in [1.29, 1.82) is 0 Å². The molecule has 4 rings (SSSR count). The molecule has 0 bridgehead atoms. The zero-order valence-electron chi connectivity index (χ0n) is 18.2. The molecule has 0 spiro atoms. The van der Waals surface area contributed by atoms with Gasteiger partial charge in [0.2, 0.25) is 5.91 Å². The Morgan fingerprint density at radius 2 is 1.52 bits per heavy atom. The number of carbonyl (C=O) groups excluding carboxylic acids is 1. The summed E-state index contributed by atoms with van der Waals surface area (Å²) in [6.45, 7) is 5.95. The standard InChI is InChI=1S/C27H31N3O/c1-21(28-19-23-13-5-6-14-24(23)20-30-17-9-10-18-30)27(31)29-26-16-8-7-15-25(26)22-11-3-2-4-12-22/h2-8,11-16,21,28H,9-10,17-20H2,1H3,(H,29,31)/t21-/m1/s1. The number of hydrogen-bond donors (Lipinski definition) is 2. The number of rotatable bonds is 8. The molecule has 3 aromatic carbocycles. The predicted molar refractivity (Wildman–Crippen MR) is 128 cm³/mol. The lowest BCUT2D eigenvalue weighted by Gasteiger charge is -2.20. The van der Waals surface area contributed by atoms with Crippen molar-refractivity contribution in [2.75, 3.05) is 18.4 Å². The minimum absolute atomic E-state index is 0.0274. The van der Waals surface area contributed by atoms with E-state index in [1.807, 2.05) is 49.4 Å². The van der Waals surface area contributed by atoms with Gasteiger partial charge in [0.25, 0.3) is 0 Å². The van der Waals surface area contributed by atoms with Crippen LogP contribution in [0.4, 0.5) is 5.69 Å². The zero-order valence-corrected chi connectivity index (χ0v) is 18.2. The van der Waals surface area contributed by atoms with Crippen LogP contribution >= 0.6 is 0 Å². The van der Waals surface area contributed by atoms with Crippen LogP contribution in [0.5, 0.6) is 0 Å². The highest BCUT2D eigenvalue weighted by Gasteiger charge is 2.17. The van der Waals surface area contributed by atoms with Crippen molar-refractivity contribution >= 4 is 11.6 Å². The molecule has 1 aliphatic rings. The quantitative estimate of drug-likeness (QED) is 0.542. The Labute approximate surface area is 185 Å². The van der Waals surface area contributed by atoms with Gasteiger partial charge < -0.3 is 10.6 Å². The summed E-state index contributed by atoms with van der Waals surface area (Å²) in [6.07, 6.45) is 2.59. The Bertz CT molecular complexity index is 996. The average molecular weight is 414 g/mol. The third-order valence-electron chi connectivity index (χ3n) is 5.97. The third kappa shape index (κ3) is 5.60. The summed E-state index contributed by atoms with van der Waals surface area (Å²) in [5.74, 6) is -0.0274. The highest BCUT2D eigenvalue weighted by molar-refractivity contribution is 5.98. The molecule has 31 heavy (non-hydrogen) atoms. The molecule has 0 radical (unpaired) electrons. The molecule has 1 atom stereocenters. The molecule has 3 aromatic rings. The Kier molecular flexibility index (Phi) is 7.13. The van der Waals surface area contributed by atoms with Gasteiger partial charge in [-0.15, -0.1) is 0 Å². The summed E-state index contributed by atoms with van der Waals surface area (Å²) < 4.78 is 0. The Morgan fingerprint density at radius 1 is 0.871 bits per heavy atom. The molecule has 160 valence electrons. The maximum absolute atomic E-state index is 12.9. The second-order valence-corrected chi connectivity index (χ2v) is 8.26. The molecule has 0 aliphatic carbocycles. The van der Waals surface area contributed by atoms with Gasteiger partial charge in [-0.3, -0.25) is 9.69 Å². The Morgan fingerprint density at radius 3 is 2.29 bits per heavy atom. The minimum atomic E-state index is -0.302. The first-order chi connectivity index (χ1) is 15.2. The van der Waals surface area contributed by atoms with Crippen molar-refractivity contribution in [3.05, 3.63) is 90.0 Å². The number of anilines is 1. The van der Waals surface area contributed by atoms with Crippen LogP contribution in [0.2, 0.25) is 0 Å². The SMILES string of the molecule is C[C@@H](NCc1ccccc1CN1CCCC1)C(=O)Nc1ccccc1-c1ccccc1. The van der Waals surface area contributed by atoms with Crippen LogP contribution in [0.25, 0.3) is 11.1 Å². The molecular weight excluding hydrogens is 382 g/mol. The topological polar surface area (TPSA) is 44.4 Å². The van der Waals surface area contributed by atoms with E-state index in [2.05, 4.69) is 51.9 Å². The molecule has 2 N–H and O–H groups in total. The van der Waals surface area contributed by atoms with Crippen molar-refractivity contribution in [2.24, 2.45) is 0 Å². The molecule has 1 saturated heterocycles. The van der Waals surface area contributed by atoms with Crippen LogP contribution in [0, 0.1) is 0 Å². The van der Waals surface area contributed by atoms with E-state index in [4.69, 9.17) is 0 Å². The predicted octanol–water partition coefficient (Wildman–Crippen LogP) is 5.07. The first kappa shape index (κ1) is 21.3. The van der Waals surface area contributed by atoms with Crippen LogP contribution in [-0.2, 0) is 17.9 Å². The molecule has 1 fully saturated rings. The lowest BCUT2D eigenvalue weighted by atomic mass is 10.0. The molecule has 4 heteroatoms. The van der Waals surface area contributed by atoms with Crippen LogP contribution in [0.15, 0.2) is 78.9 Å². The van der Waals surface area contributed by atoms with Gasteiger partial charge in [0.1, 0.15) is 0 Å². The smallest absolute Gasteiger partial charge is 0.241 e. The first-order valence-corrected chi connectivity index (χ1v) is 11.2. The Balaban J connectivity index is 1.38. The summed E-state index contributed by atoms with van der Waals surface area (Å²) in [5, 5.41) is 6.52. The highest BCUT2D eigenvalue weighted by Crippen LogP contribution is 2.27. The van der Waals surface area contributed by atoms with E-state index in [1.54, 1.807) is 0 Å². The first-order valence-electron chi connectivity index (χ1n) is 11.2. The normalized spacial score (nSPS) is 15.0. The van der Waals surface area contributed by atoms with E-state index in [9.17, 15) is 4.79 Å². The molecule has 0 saturated carbocycles. The number of para-hydroxylation sites is 1. The molecular formula is C27H31N3O. The van der Waals surface area contributed by atoms with Crippen LogP contribution < -0.4 is 10.6 Å². The van der Waals surface area contributed by atoms with Gasteiger partial charge in [0, 0.05) is 24.3 Å². The van der Waals surface area contributed by atoms with E-state index in [0.717, 1.165) is 23.4 Å². The number of carbonyl (C=O) groups is 1. The van der Waals surface area contributed by atoms with Crippen molar-refractivity contribution in [3.8, 4) is 11.1 Å². The minimum Gasteiger partial charge on any atom is -0.324 e. The monoisotopic (exact) mass is 413 g/mol. The molecule has 0 aromatic heterocycles. The van der Waals surface area contributed by atoms with Gasteiger partial charge in [0.05, 0.1) is 6.04 Å². The van der Waals surface area contributed by atoms with Crippen molar-refractivity contribution in [3.63, 3.8) is 0 Å². The Hall–Kier alpha value is -2.95. The van der Waals surface area contributed by atoms with Crippen LogP contribution in [0.1, 0.15) is 30.9 Å². The molecule has 1 amide bonds. The number of nitrogens with one attached hydrogen (secondary N) is 2. The second-order valence-electron chi connectivity index (χ2n) is 8.26. The maximum Gasteiger partial charge on any atom is 0.241 e. The van der Waals surface area contributed by atoms with E-state index in [1.165, 1.54) is 37.1 Å². The van der Waals surface area contributed by atoms with Crippen molar-refractivity contribution in [1.82, 2.24) is 10.2 Å². The summed E-state index contributed by atoms with van der Waals surface area (Å²) in [5.41, 5.74) is 5.56. The molecule has 1 heterocycles. The van der Waals surface area contributed by atoms with Gasteiger partial charge in [-0.1, -0.05) is 72.8 Å². The fraction of sp³-hybridized carbons (Fsp3) is 0.296. The van der Waals surface area contributed by atoms with Crippen LogP contribution in [0.3, 0.4) is 0 Å². The summed E-state index contributed by atoms with van der Waals surface area (Å²) in [7, 11) is 0. The molecule has 4 nitrogen and oxygen atoms in total. The summed E-state index contributed by atoms with van der Waals surface area (Å²) >= 11 is 0. The zero-order chi connectivity index (χ0) is 21.5. The number of hydrogen-bond acceptors (Lipinski definition) is 3. The average Bonchev–Trinajstić information content (AvgIpc) is 3.32. The fourth-order valence-corrected chi connectivity index (χ4v) is 4.12. The maximum atomic E-state index is 12.9. The van der Waals surface area contributed by atoms with E-state index in [-0.39, 0.29) is 11.9 Å². The molecule has 1 aliphatic heterocycles. The van der Waals surface area contributed by atoms with E-state index < -0.39 is 0 Å². The van der Waals surface area contributed by atoms with Gasteiger partial charge in [-0.25, -0.2) is 0 Å². The third-order valence-corrected chi connectivity index (χ3v) is 5.97. The lowest BCUT2D eigenvalue weighted by Crippen LogP contribution is -2.38. The number of likely N-dealkylation sites (tertiary alicyclic amines) is 1. The largest absolute Gasteiger partial charge is 0.324 e. The van der Waals surface area contributed by atoms with Crippen LogP contribution in [-0.4, -0.2) is 29.9 Å². The summed E-state index contributed by atoms with van der Waals surface area (Å²) in [6, 6.07) is 26.3. The second kappa shape index (κ2) is 10.4. The number of nitrogens with zero attached hydrogens (tertiary/aromatic N) is 1. The molecule has 0 unspecified atom stereocenters. The van der Waals surface area contributed by atoms with Gasteiger partial charge in [-0.05, 0) is 55.6 Å². The van der Waals surface area contributed by atoms with E-state index >= 15 is 0 Å². The summed E-state index contributed by atoms with van der Waals surface area (Å²) in [4.78, 5) is 15.4. The van der Waals surface area contributed by atoms with Crippen molar-refractivity contribution < 1.29 is 4.79 Å².